The lowest BCUT2D eigenvalue weighted by atomic mass is 10.2. The van der Waals surface area contributed by atoms with Gasteiger partial charge in [-0.25, -0.2) is 0 Å². The molecule has 0 aromatic carbocycles. The molecule has 0 aliphatic rings. The fourth-order valence-corrected chi connectivity index (χ4v) is 1.28. The van der Waals surface area contributed by atoms with Crippen molar-refractivity contribution in [3.8, 4) is 0 Å². The topological polar surface area (TPSA) is 0 Å². The minimum atomic E-state index is 0.603. The van der Waals surface area contributed by atoms with Crippen LogP contribution in [-0.4, -0.2) is 23.5 Å². The van der Waals surface area contributed by atoms with Crippen molar-refractivity contribution in [1.29, 1.82) is 0 Å². The number of thiol groups is 1. The molecular formula is C8H20NS+. The van der Waals surface area contributed by atoms with E-state index in [2.05, 4.69) is 47.6 Å². The Labute approximate surface area is 70.6 Å². The zero-order chi connectivity index (χ0) is 8.36. The summed E-state index contributed by atoms with van der Waals surface area (Å²) in [5.74, 6) is 0.727. The molecule has 0 bridgehead atoms. The van der Waals surface area contributed by atoms with E-state index in [-0.39, 0.29) is 0 Å². The highest BCUT2D eigenvalue weighted by Gasteiger charge is 2.22. The fourth-order valence-electron chi connectivity index (χ4n) is 0.950. The Bertz CT molecular complexity index is 97.4. The molecule has 0 spiro atoms. The molecule has 0 rings (SSSR count). The smallest absolute Gasteiger partial charge is 0.0934 e. The Morgan fingerprint density at radius 3 is 1.70 bits per heavy atom. The van der Waals surface area contributed by atoms with E-state index in [4.69, 9.17) is 0 Å². The lowest BCUT2D eigenvalue weighted by molar-refractivity contribution is -0.797. The first kappa shape index (κ1) is 10.3. The molecule has 0 heterocycles. The summed E-state index contributed by atoms with van der Waals surface area (Å²) >= 11 is 4.56. The second kappa shape index (κ2) is 3.63. The van der Waals surface area contributed by atoms with Gasteiger partial charge in [-0.3, -0.25) is 3.89 Å². The molecule has 0 aliphatic heterocycles. The third kappa shape index (κ3) is 3.47. The minimum Gasteiger partial charge on any atom is -0.264 e. The van der Waals surface area contributed by atoms with E-state index in [0.717, 1.165) is 16.4 Å². The van der Waals surface area contributed by atoms with E-state index in [1.54, 1.807) is 0 Å². The quantitative estimate of drug-likeness (QED) is 0.478. The molecule has 1 atom stereocenters. The van der Waals surface area contributed by atoms with Crippen LogP contribution in [0.25, 0.3) is 0 Å². The monoisotopic (exact) mass is 162 g/mol. The van der Waals surface area contributed by atoms with E-state index in [9.17, 15) is 0 Å². The van der Waals surface area contributed by atoms with Gasteiger partial charge in [-0.15, -0.1) is 0 Å². The highest BCUT2D eigenvalue weighted by atomic mass is 32.1. The van der Waals surface area contributed by atoms with E-state index >= 15 is 0 Å². The van der Waals surface area contributed by atoms with Gasteiger partial charge in [0.2, 0.25) is 0 Å². The molecule has 1 nitrogen and oxygen atoms in total. The van der Waals surface area contributed by atoms with E-state index in [1.165, 1.54) is 0 Å². The van der Waals surface area contributed by atoms with Crippen molar-refractivity contribution < 1.29 is 3.89 Å². The number of rotatable bonds is 3. The molecular weight excluding hydrogens is 142 g/mol. The van der Waals surface area contributed by atoms with Crippen molar-refractivity contribution in [1.82, 2.24) is 0 Å². The zero-order valence-electron chi connectivity index (χ0n) is 7.76. The van der Waals surface area contributed by atoms with E-state index in [0.29, 0.717) is 6.04 Å². The maximum Gasteiger partial charge on any atom is 0.0934 e. The van der Waals surface area contributed by atoms with Gasteiger partial charge >= 0.3 is 0 Å². The largest absolute Gasteiger partial charge is 0.264 e. The Hall–Kier alpha value is 0.310. The summed E-state index contributed by atoms with van der Waals surface area (Å²) in [5.41, 5.74) is 0. The van der Waals surface area contributed by atoms with Crippen molar-refractivity contribution in [3.63, 3.8) is 0 Å². The molecule has 0 saturated heterocycles. The average molecular weight is 162 g/mol. The van der Waals surface area contributed by atoms with Crippen LogP contribution in [0.4, 0.5) is 0 Å². The van der Waals surface area contributed by atoms with Gasteiger partial charge in [0.05, 0.1) is 32.4 Å². The highest BCUT2D eigenvalue weighted by Crippen LogP contribution is 2.16. The summed E-state index contributed by atoms with van der Waals surface area (Å²) in [6.07, 6.45) is 0. The van der Waals surface area contributed by atoms with E-state index in [1.807, 2.05) is 0 Å². The zero-order valence-corrected chi connectivity index (χ0v) is 8.65. The average Bonchev–Trinajstić information content (AvgIpc) is 1.60. The van der Waals surface area contributed by atoms with Crippen LogP contribution >= 0.6 is 12.8 Å². The normalized spacial score (nSPS) is 18.0. The van der Waals surface area contributed by atoms with Gasteiger partial charge in [0.1, 0.15) is 0 Å². The molecule has 0 unspecified atom stereocenters. The molecule has 0 saturated carbocycles. The lowest BCUT2D eigenvalue weighted by Gasteiger charge is -2.32. The van der Waals surface area contributed by atoms with Crippen LogP contribution in [0.3, 0.4) is 0 Å². The Balaban J connectivity index is 3.87. The van der Waals surface area contributed by atoms with Crippen molar-refractivity contribution >= 4 is 12.8 Å². The van der Waals surface area contributed by atoms with Gasteiger partial charge in [0.15, 0.2) is 0 Å². The van der Waals surface area contributed by atoms with Crippen LogP contribution in [0.5, 0.6) is 0 Å². The minimum absolute atomic E-state index is 0.603. The summed E-state index contributed by atoms with van der Waals surface area (Å²) in [5, 5.41) is 0. The molecule has 62 valence electrons. The van der Waals surface area contributed by atoms with E-state index < -0.39 is 0 Å². The molecule has 2 heteroatoms. The molecule has 0 aromatic rings. The molecule has 0 aliphatic carbocycles. The second-order valence-corrected chi connectivity index (χ2v) is 4.80. The van der Waals surface area contributed by atoms with Crippen LogP contribution in [0.15, 0.2) is 0 Å². The van der Waals surface area contributed by atoms with Gasteiger partial charge in [-0.05, 0) is 13.8 Å². The van der Waals surface area contributed by atoms with Crippen molar-refractivity contribution in [2.75, 3.05) is 13.6 Å². The second-order valence-electron chi connectivity index (χ2n) is 3.88. The van der Waals surface area contributed by atoms with Crippen molar-refractivity contribution in [2.45, 2.75) is 33.7 Å². The SMILES string of the molecule is CC(C)C[N@+](C)(S)C(C)C. The molecule has 0 fully saturated rings. The maximum atomic E-state index is 4.56. The molecule has 0 N–H and O–H groups in total. The van der Waals surface area contributed by atoms with Crippen molar-refractivity contribution in [2.24, 2.45) is 5.92 Å². The van der Waals surface area contributed by atoms with Crippen LogP contribution in [0.2, 0.25) is 0 Å². The molecule has 0 aromatic heterocycles. The summed E-state index contributed by atoms with van der Waals surface area (Å²) < 4.78 is 0.831. The summed E-state index contributed by atoms with van der Waals surface area (Å²) in [6, 6.07) is 0.603. The Morgan fingerprint density at radius 2 is 1.60 bits per heavy atom. The summed E-state index contributed by atoms with van der Waals surface area (Å²) in [7, 11) is 2.16. The standard InChI is InChI=1S/C8H20NS/c1-7(2)6-9(5,10)8(3)4/h7-8,10H,6H2,1-5H3/q+1/t9-/m0/s1. The third-order valence-corrected chi connectivity index (χ3v) is 2.47. The number of hydrogen-bond donors (Lipinski definition) is 1. The van der Waals surface area contributed by atoms with Gasteiger partial charge in [0.25, 0.3) is 0 Å². The number of nitrogens with zero attached hydrogens (tertiary/aromatic N) is 1. The van der Waals surface area contributed by atoms with Crippen LogP contribution in [-0.2, 0) is 0 Å². The summed E-state index contributed by atoms with van der Waals surface area (Å²) in [4.78, 5) is 0. The first-order valence-electron chi connectivity index (χ1n) is 3.94. The maximum absolute atomic E-state index is 4.56. The highest BCUT2D eigenvalue weighted by molar-refractivity contribution is 7.74. The predicted molar refractivity (Wildman–Crippen MR) is 50.0 cm³/mol. The molecule has 10 heavy (non-hydrogen) atoms. The van der Waals surface area contributed by atoms with Gasteiger partial charge in [-0.2, -0.15) is 0 Å². The lowest BCUT2D eigenvalue weighted by Crippen LogP contribution is -2.43. The van der Waals surface area contributed by atoms with Crippen LogP contribution in [0.1, 0.15) is 27.7 Å². The molecule has 0 amide bonds. The predicted octanol–water partition coefficient (Wildman–Crippen LogP) is 2.34. The first-order valence-corrected chi connectivity index (χ1v) is 4.34. The van der Waals surface area contributed by atoms with Crippen molar-refractivity contribution in [3.05, 3.63) is 0 Å². The number of quaternary nitrogens is 1. The Morgan fingerprint density at radius 1 is 1.20 bits per heavy atom. The number of hydrogen-bond acceptors (Lipinski definition) is 1. The van der Waals surface area contributed by atoms with Crippen LogP contribution < -0.4 is 0 Å². The molecule has 0 radical (unpaired) electrons. The third-order valence-electron chi connectivity index (χ3n) is 1.85. The van der Waals surface area contributed by atoms with Gasteiger partial charge in [0, 0.05) is 5.92 Å². The summed E-state index contributed by atoms with van der Waals surface area (Å²) in [6.45, 7) is 10.0. The van der Waals surface area contributed by atoms with Crippen LogP contribution in [0, 0.1) is 5.92 Å². The fraction of sp³-hybridized carbons (Fsp3) is 1.00. The first-order chi connectivity index (χ1) is 4.36. The van der Waals surface area contributed by atoms with Gasteiger partial charge in [-0.1, -0.05) is 13.8 Å². The Kier molecular flexibility index (Phi) is 3.74. The van der Waals surface area contributed by atoms with Gasteiger partial charge < -0.3 is 0 Å².